The molecule has 1 heterocycles. The van der Waals surface area contributed by atoms with Crippen molar-refractivity contribution in [2.75, 3.05) is 11.9 Å². The highest BCUT2D eigenvalue weighted by Crippen LogP contribution is 2.24. The average molecular weight is 266 g/mol. The molecule has 1 atom stereocenters. The van der Waals surface area contributed by atoms with Gasteiger partial charge >= 0.3 is 0 Å². The molecule has 0 spiro atoms. The van der Waals surface area contributed by atoms with E-state index in [1.807, 2.05) is 6.07 Å². The van der Waals surface area contributed by atoms with Crippen LogP contribution < -0.4 is 10.0 Å². The maximum atomic E-state index is 12.1. The predicted octanol–water partition coefficient (Wildman–Crippen LogP) is 1.90. The Morgan fingerprint density at radius 2 is 2.28 bits per heavy atom. The SMILES string of the molecule is C=CC(C)NS(=O)(=O)c1ccc2c(c1)CCCN2. The van der Waals surface area contributed by atoms with E-state index in [1.165, 1.54) is 0 Å². The van der Waals surface area contributed by atoms with Crippen molar-refractivity contribution >= 4 is 15.7 Å². The van der Waals surface area contributed by atoms with E-state index in [2.05, 4.69) is 16.6 Å². The second-order valence-corrected chi connectivity index (χ2v) is 6.21. The van der Waals surface area contributed by atoms with E-state index < -0.39 is 10.0 Å². The van der Waals surface area contributed by atoms with Crippen LogP contribution in [0.15, 0.2) is 35.7 Å². The van der Waals surface area contributed by atoms with Gasteiger partial charge in [0.15, 0.2) is 0 Å². The zero-order valence-corrected chi connectivity index (χ0v) is 11.3. The Bertz CT molecular complexity index is 552. The summed E-state index contributed by atoms with van der Waals surface area (Å²) in [6, 6.07) is 4.94. The van der Waals surface area contributed by atoms with Crippen LogP contribution in [0.2, 0.25) is 0 Å². The zero-order valence-electron chi connectivity index (χ0n) is 10.4. The van der Waals surface area contributed by atoms with Gasteiger partial charge in [-0.2, -0.15) is 0 Å². The number of nitrogens with one attached hydrogen (secondary N) is 2. The van der Waals surface area contributed by atoms with Crippen molar-refractivity contribution < 1.29 is 8.42 Å². The summed E-state index contributed by atoms with van der Waals surface area (Å²) in [7, 11) is -3.45. The van der Waals surface area contributed by atoms with Crippen molar-refractivity contribution in [3.63, 3.8) is 0 Å². The van der Waals surface area contributed by atoms with E-state index in [1.54, 1.807) is 25.1 Å². The first kappa shape index (κ1) is 13.1. The van der Waals surface area contributed by atoms with Gasteiger partial charge in [-0.3, -0.25) is 0 Å². The summed E-state index contributed by atoms with van der Waals surface area (Å²) in [5.74, 6) is 0. The number of anilines is 1. The number of hydrogen-bond acceptors (Lipinski definition) is 3. The lowest BCUT2D eigenvalue weighted by atomic mass is 10.0. The first-order valence-electron chi connectivity index (χ1n) is 6.04. The van der Waals surface area contributed by atoms with E-state index in [0.29, 0.717) is 4.90 Å². The molecule has 0 bridgehead atoms. The summed E-state index contributed by atoms with van der Waals surface area (Å²) < 4.78 is 26.8. The number of sulfonamides is 1. The van der Waals surface area contributed by atoms with Crippen LogP contribution in [0.1, 0.15) is 18.9 Å². The quantitative estimate of drug-likeness (QED) is 0.818. The van der Waals surface area contributed by atoms with Gasteiger partial charge in [-0.1, -0.05) is 6.08 Å². The minimum Gasteiger partial charge on any atom is -0.385 e. The maximum Gasteiger partial charge on any atom is 0.241 e. The summed E-state index contributed by atoms with van der Waals surface area (Å²) >= 11 is 0. The van der Waals surface area contributed by atoms with Crippen LogP contribution in [0.5, 0.6) is 0 Å². The normalized spacial score (nSPS) is 16.5. The van der Waals surface area contributed by atoms with E-state index >= 15 is 0 Å². The Kier molecular flexibility index (Phi) is 3.73. The van der Waals surface area contributed by atoms with Crippen LogP contribution in [0, 0.1) is 0 Å². The Labute approximate surface area is 108 Å². The highest BCUT2D eigenvalue weighted by Gasteiger charge is 2.18. The van der Waals surface area contributed by atoms with E-state index in [4.69, 9.17) is 0 Å². The maximum absolute atomic E-state index is 12.1. The third-order valence-electron chi connectivity index (χ3n) is 3.02. The molecule has 1 aromatic rings. The Morgan fingerprint density at radius 3 is 3.00 bits per heavy atom. The molecule has 2 N–H and O–H groups in total. The fourth-order valence-electron chi connectivity index (χ4n) is 1.98. The second-order valence-electron chi connectivity index (χ2n) is 4.49. The van der Waals surface area contributed by atoms with Crippen molar-refractivity contribution in [3.05, 3.63) is 36.4 Å². The van der Waals surface area contributed by atoms with Crippen molar-refractivity contribution in [2.24, 2.45) is 0 Å². The molecule has 1 unspecified atom stereocenters. The summed E-state index contributed by atoms with van der Waals surface area (Å²) in [5.41, 5.74) is 2.10. The summed E-state index contributed by atoms with van der Waals surface area (Å²) in [6.07, 6.45) is 3.52. The molecule has 0 aromatic heterocycles. The van der Waals surface area contributed by atoms with Crippen LogP contribution in [0.25, 0.3) is 0 Å². The van der Waals surface area contributed by atoms with Gasteiger partial charge in [0.2, 0.25) is 10.0 Å². The molecule has 5 heteroatoms. The average Bonchev–Trinajstić information content (AvgIpc) is 2.37. The number of hydrogen-bond donors (Lipinski definition) is 2. The molecule has 98 valence electrons. The molecule has 0 saturated carbocycles. The second kappa shape index (κ2) is 5.12. The monoisotopic (exact) mass is 266 g/mol. The van der Waals surface area contributed by atoms with Crippen molar-refractivity contribution in [1.82, 2.24) is 4.72 Å². The summed E-state index contributed by atoms with van der Waals surface area (Å²) in [4.78, 5) is 0.318. The van der Waals surface area contributed by atoms with Crippen molar-refractivity contribution in [2.45, 2.75) is 30.7 Å². The minimum absolute atomic E-state index is 0.274. The van der Waals surface area contributed by atoms with Crippen LogP contribution in [0.3, 0.4) is 0 Å². The number of rotatable bonds is 4. The number of fused-ring (bicyclic) bond motifs is 1. The van der Waals surface area contributed by atoms with Crippen LogP contribution in [-0.4, -0.2) is 21.0 Å². The van der Waals surface area contributed by atoms with E-state index in [9.17, 15) is 8.42 Å². The third kappa shape index (κ3) is 2.73. The Morgan fingerprint density at radius 1 is 1.50 bits per heavy atom. The van der Waals surface area contributed by atoms with Crippen LogP contribution >= 0.6 is 0 Å². The summed E-state index contributed by atoms with van der Waals surface area (Å²) in [5, 5.41) is 3.26. The van der Waals surface area contributed by atoms with Gasteiger partial charge in [0.05, 0.1) is 4.90 Å². The molecule has 0 aliphatic carbocycles. The fraction of sp³-hybridized carbons (Fsp3) is 0.385. The van der Waals surface area contributed by atoms with E-state index in [-0.39, 0.29) is 6.04 Å². The fourth-order valence-corrected chi connectivity index (χ4v) is 3.25. The van der Waals surface area contributed by atoms with Crippen LogP contribution in [0.4, 0.5) is 5.69 Å². The molecular weight excluding hydrogens is 248 g/mol. The molecule has 0 radical (unpaired) electrons. The molecule has 1 aliphatic heterocycles. The molecule has 1 aromatic carbocycles. The highest BCUT2D eigenvalue weighted by atomic mass is 32.2. The van der Waals surface area contributed by atoms with Gasteiger partial charge in [-0.05, 0) is 43.5 Å². The van der Waals surface area contributed by atoms with Crippen molar-refractivity contribution in [1.29, 1.82) is 0 Å². The molecule has 2 rings (SSSR count). The van der Waals surface area contributed by atoms with Gasteiger partial charge in [0.25, 0.3) is 0 Å². The van der Waals surface area contributed by atoms with Gasteiger partial charge in [-0.15, -0.1) is 6.58 Å². The molecule has 1 aliphatic rings. The first-order valence-corrected chi connectivity index (χ1v) is 7.53. The van der Waals surface area contributed by atoms with E-state index in [0.717, 1.165) is 30.6 Å². The number of benzene rings is 1. The van der Waals surface area contributed by atoms with Gasteiger partial charge in [0.1, 0.15) is 0 Å². The van der Waals surface area contributed by atoms with Gasteiger partial charge < -0.3 is 5.32 Å². The molecular formula is C13H18N2O2S. The zero-order chi connectivity index (χ0) is 13.2. The molecule has 0 amide bonds. The standard InChI is InChI=1S/C13H18N2O2S/c1-3-10(2)15-18(16,17)12-6-7-13-11(9-12)5-4-8-14-13/h3,6-7,9-10,14-15H,1,4-5,8H2,2H3. The lowest BCUT2D eigenvalue weighted by Gasteiger charge is -2.19. The highest BCUT2D eigenvalue weighted by molar-refractivity contribution is 7.89. The predicted molar refractivity (Wildman–Crippen MR) is 73.2 cm³/mol. The largest absolute Gasteiger partial charge is 0.385 e. The Balaban J connectivity index is 2.30. The Hall–Kier alpha value is -1.33. The molecule has 18 heavy (non-hydrogen) atoms. The van der Waals surface area contributed by atoms with Gasteiger partial charge in [-0.25, -0.2) is 13.1 Å². The lowest BCUT2D eigenvalue weighted by Crippen LogP contribution is -2.31. The van der Waals surface area contributed by atoms with Gasteiger partial charge in [0, 0.05) is 18.3 Å². The smallest absolute Gasteiger partial charge is 0.241 e. The van der Waals surface area contributed by atoms with Crippen LogP contribution in [-0.2, 0) is 16.4 Å². The lowest BCUT2D eigenvalue weighted by molar-refractivity contribution is 0.576. The first-order chi connectivity index (χ1) is 8.53. The third-order valence-corrected chi connectivity index (χ3v) is 4.58. The minimum atomic E-state index is -3.45. The molecule has 0 fully saturated rings. The topological polar surface area (TPSA) is 58.2 Å². The molecule has 0 saturated heterocycles. The number of aryl methyl sites for hydroxylation is 1. The van der Waals surface area contributed by atoms with Crippen molar-refractivity contribution in [3.8, 4) is 0 Å². The summed E-state index contributed by atoms with van der Waals surface area (Å²) in [6.45, 7) is 6.28. The molecule has 4 nitrogen and oxygen atoms in total.